The maximum absolute atomic E-state index is 13.1. The van der Waals surface area contributed by atoms with Crippen LogP contribution in [0.5, 0.6) is 0 Å². The van der Waals surface area contributed by atoms with Crippen LogP contribution in [0.1, 0.15) is 51.2 Å². The third kappa shape index (κ3) is 6.36. The molecule has 0 amide bonds. The van der Waals surface area contributed by atoms with Gasteiger partial charge in [0.05, 0.1) is 16.4 Å². The average Bonchev–Trinajstić information content (AvgIpc) is 3.31. The smallest absolute Gasteiger partial charge is 0.326 e. The van der Waals surface area contributed by atoms with Gasteiger partial charge in [-0.25, -0.2) is 0 Å². The maximum Gasteiger partial charge on any atom is 0.326 e. The van der Waals surface area contributed by atoms with Gasteiger partial charge in [0.15, 0.2) is 0 Å². The Morgan fingerprint density at radius 1 is 1.15 bits per heavy atom. The van der Waals surface area contributed by atoms with Crippen molar-refractivity contribution in [3.8, 4) is 11.3 Å². The second-order valence-electron chi connectivity index (χ2n) is 9.88. The van der Waals surface area contributed by atoms with Crippen LogP contribution in [0, 0.1) is 5.41 Å². The number of halogens is 1. The Balaban J connectivity index is 1.96. The van der Waals surface area contributed by atoms with Gasteiger partial charge in [-0.3, -0.25) is 14.4 Å². The second kappa shape index (κ2) is 9.76. The molecule has 10 heteroatoms. The Kier molecular flexibility index (Phi) is 7.38. The number of esters is 1. The maximum atomic E-state index is 13.1. The number of ether oxygens (including phenoxy) is 1. The number of pyridine rings is 1. The van der Waals surface area contributed by atoms with Crippen molar-refractivity contribution in [3.63, 3.8) is 0 Å². The van der Waals surface area contributed by atoms with Crippen LogP contribution in [0.2, 0.25) is 4.34 Å². The molecule has 0 aliphatic carbocycles. The monoisotopic (exact) mass is 504 g/mol. The molecule has 0 radical (unpaired) electrons. The average molecular weight is 505 g/mol. The third-order valence-corrected chi connectivity index (χ3v) is 5.86. The molecule has 0 aromatic carbocycles. The lowest BCUT2D eigenvalue weighted by Crippen LogP contribution is -2.31. The molecule has 0 unspecified atom stereocenters. The number of anilines is 1. The first-order chi connectivity index (χ1) is 15.7. The van der Waals surface area contributed by atoms with Gasteiger partial charge in [0, 0.05) is 22.6 Å². The van der Waals surface area contributed by atoms with E-state index in [4.69, 9.17) is 16.3 Å². The molecule has 0 spiro atoms. The summed E-state index contributed by atoms with van der Waals surface area (Å²) in [6.07, 6.45) is 1.52. The summed E-state index contributed by atoms with van der Waals surface area (Å²) in [6.45, 7) is 10.9. The number of hydrogen-bond donors (Lipinski definition) is 1. The standard InChI is InChI=1S/C24H29ClN4O4S/c1-23(2,3)22(32)29-19(26-13-15-9-10-18(25)34-15)12-17(27-29)16-8-7-11-28(21(16)31)14-20(30)33-24(4,5)6/h7-12,26H,13-14H2,1-6H3. The molecule has 3 aromatic heterocycles. The molecule has 1 N–H and O–H groups in total. The van der Waals surface area contributed by atoms with E-state index in [1.54, 1.807) is 59.7 Å². The van der Waals surface area contributed by atoms with Gasteiger partial charge >= 0.3 is 5.97 Å². The van der Waals surface area contributed by atoms with Crippen molar-refractivity contribution >= 4 is 40.6 Å². The van der Waals surface area contributed by atoms with Gasteiger partial charge in [0.25, 0.3) is 11.5 Å². The van der Waals surface area contributed by atoms with Gasteiger partial charge in [-0.05, 0) is 45.0 Å². The quantitative estimate of drug-likeness (QED) is 0.471. The Hall–Kier alpha value is -2.91. The van der Waals surface area contributed by atoms with Crippen LogP contribution in [0.3, 0.4) is 0 Å². The Morgan fingerprint density at radius 2 is 1.85 bits per heavy atom. The Labute approximate surface area is 207 Å². The Bertz CT molecular complexity index is 1260. The van der Waals surface area contributed by atoms with E-state index in [9.17, 15) is 14.4 Å². The summed E-state index contributed by atoms with van der Waals surface area (Å²) in [4.78, 5) is 39.4. The summed E-state index contributed by atoms with van der Waals surface area (Å²) in [6, 6.07) is 8.65. The Morgan fingerprint density at radius 3 is 2.44 bits per heavy atom. The van der Waals surface area contributed by atoms with Crippen LogP contribution in [0.4, 0.5) is 5.82 Å². The number of carbonyl (C=O) groups is 2. The van der Waals surface area contributed by atoms with Crippen LogP contribution in [0.15, 0.2) is 41.3 Å². The highest BCUT2D eigenvalue weighted by Gasteiger charge is 2.27. The highest BCUT2D eigenvalue weighted by molar-refractivity contribution is 7.16. The molecule has 8 nitrogen and oxygen atoms in total. The topological polar surface area (TPSA) is 95.2 Å². The van der Waals surface area contributed by atoms with E-state index in [1.165, 1.54) is 26.8 Å². The fourth-order valence-corrected chi connectivity index (χ4v) is 4.13. The number of hydrogen-bond acceptors (Lipinski definition) is 7. The molecule has 0 saturated heterocycles. The lowest BCUT2D eigenvalue weighted by atomic mass is 9.96. The van der Waals surface area contributed by atoms with E-state index in [-0.39, 0.29) is 18.0 Å². The zero-order valence-corrected chi connectivity index (χ0v) is 21.7. The van der Waals surface area contributed by atoms with Gasteiger partial charge in [-0.2, -0.15) is 9.78 Å². The molecule has 3 aromatic rings. The van der Waals surface area contributed by atoms with E-state index in [2.05, 4.69) is 10.4 Å². The van der Waals surface area contributed by atoms with Crippen LogP contribution in [-0.4, -0.2) is 31.8 Å². The first-order valence-corrected chi connectivity index (χ1v) is 12.0. The summed E-state index contributed by atoms with van der Waals surface area (Å²) in [5.41, 5.74) is -1.16. The van der Waals surface area contributed by atoms with Crippen LogP contribution >= 0.6 is 22.9 Å². The fraction of sp³-hybridized carbons (Fsp3) is 0.417. The van der Waals surface area contributed by atoms with Gasteiger partial charge < -0.3 is 14.6 Å². The zero-order valence-electron chi connectivity index (χ0n) is 20.1. The molecule has 0 saturated carbocycles. The van der Waals surface area contributed by atoms with Crippen LogP contribution in [-0.2, 0) is 22.6 Å². The molecule has 3 heterocycles. The molecular formula is C24H29ClN4O4S. The van der Waals surface area contributed by atoms with Crippen LogP contribution < -0.4 is 10.9 Å². The van der Waals surface area contributed by atoms with Gasteiger partial charge in [0.1, 0.15) is 23.7 Å². The number of rotatable bonds is 6. The van der Waals surface area contributed by atoms with E-state index >= 15 is 0 Å². The predicted molar refractivity (Wildman–Crippen MR) is 135 cm³/mol. The normalized spacial score (nSPS) is 12.0. The van der Waals surface area contributed by atoms with Gasteiger partial charge in [-0.1, -0.05) is 32.4 Å². The predicted octanol–water partition coefficient (Wildman–Crippen LogP) is 5.07. The van der Waals surface area contributed by atoms with Crippen molar-refractivity contribution in [2.24, 2.45) is 5.41 Å². The van der Waals surface area contributed by atoms with E-state index < -0.39 is 22.5 Å². The lowest BCUT2D eigenvalue weighted by molar-refractivity contribution is -0.155. The third-order valence-electron chi connectivity index (χ3n) is 4.63. The molecule has 3 rings (SSSR count). The second-order valence-corrected chi connectivity index (χ2v) is 11.7. The van der Waals surface area contributed by atoms with Crippen molar-refractivity contribution in [1.82, 2.24) is 14.3 Å². The van der Waals surface area contributed by atoms with Crippen molar-refractivity contribution in [3.05, 3.63) is 56.1 Å². The van der Waals surface area contributed by atoms with Gasteiger partial charge in [0.2, 0.25) is 0 Å². The highest BCUT2D eigenvalue weighted by atomic mass is 35.5. The first-order valence-electron chi connectivity index (χ1n) is 10.8. The number of nitrogens with zero attached hydrogens (tertiary/aromatic N) is 3. The van der Waals surface area contributed by atoms with E-state index in [0.29, 0.717) is 22.4 Å². The van der Waals surface area contributed by atoms with Gasteiger partial charge in [-0.15, -0.1) is 11.3 Å². The minimum atomic E-state index is -0.695. The van der Waals surface area contributed by atoms with Crippen molar-refractivity contribution in [1.29, 1.82) is 0 Å². The molecule has 0 aliphatic rings. The summed E-state index contributed by atoms with van der Waals surface area (Å²) in [5.74, 6) is -0.283. The SMILES string of the molecule is CC(C)(C)OC(=O)Cn1cccc(-c2cc(NCc3ccc(Cl)s3)n(C(=O)C(C)(C)C)n2)c1=O. The summed E-state index contributed by atoms with van der Waals surface area (Å²) in [7, 11) is 0. The lowest BCUT2D eigenvalue weighted by Gasteiger charge is -2.19. The summed E-state index contributed by atoms with van der Waals surface area (Å²) >= 11 is 7.46. The number of carbonyl (C=O) groups excluding carboxylic acids is 2. The molecule has 0 fully saturated rings. The van der Waals surface area contributed by atoms with Crippen LogP contribution in [0.25, 0.3) is 11.3 Å². The fourth-order valence-electron chi connectivity index (χ4n) is 3.10. The van der Waals surface area contributed by atoms with E-state index in [1.807, 2.05) is 12.1 Å². The van der Waals surface area contributed by atoms with Crippen molar-refractivity contribution in [2.45, 2.75) is 60.2 Å². The minimum Gasteiger partial charge on any atom is -0.459 e. The minimum absolute atomic E-state index is 0.226. The molecular weight excluding hydrogens is 476 g/mol. The first kappa shape index (κ1) is 25.7. The highest BCUT2D eigenvalue weighted by Crippen LogP contribution is 2.26. The van der Waals surface area contributed by atoms with Crippen molar-refractivity contribution in [2.75, 3.05) is 5.32 Å². The zero-order chi connectivity index (χ0) is 25.3. The molecule has 34 heavy (non-hydrogen) atoms. The summed E-state index contributed by atoms with van der Waals surface area (Å²) in [5, 5.41) is 7.68. The molecule has 182 valence electrons. The molecule has 0 aliphatic heterocycles. The molecule has 0 atom stereocenters. The number of aromatic nitrogens is 3. The van der Waals surface area contributed by atoms with E-state index in [0.717, 1.165) is 4.88 Å². The molecule has 0 bridgehead atoms. The van der Waals surface area contributed by atoms with Crippen molar-refractivity contribution < 1.29 is 14.3 Å². The largest absolute Gasteiger partial charge is 0.459 e. The number of nitrogens with one attached hydrogen (secondary N) is 1. The summed E-state index contributed by atoms with van der Waals surface area (Å²) < 4.78 is 8.56. The number of thiophene rings is 1.